The summed E-state index contributed by atoms with van der Waals surface area (Å²) in [7, 11) is 0. The van der Waals surface area contributed by atoms with E-state index in [1.807, 2.05) is 11.8 Å². The molecule has 2 aliphatic rings. The number of hydrogen-bond donors (Lipinski definition) is 1. The number of benzene rings is 1. The van der Waals surface area contributed by atoms with Crippen molar-refractivity contribution in [1.82, 2.24) is 25.5 Å². The molecule has 0 aliphatic carbocycles. The summed E-state index contributed by atoms with van der Waals surface area (Å²) in [4.78, 5) is 7.38. The van der Waals surface area contributed by atoms with Gasteiger partial charge in [0.05, 0.1) is 6.04 Å². The van der Waals surface area contributed by atoms with E-state index in [1.165, 1.54) is 30.0 Å². The lowest BCUT2D eigenvalue weighted by Crippen LogP contribution is -2.33. The number of tetrazole rings is 1. The molecule has 2 aromatic rings. The van der Waals surface area contributed by atoms with Crippen LogP contribution in [-0.2, 0) is 0 Å². The predicted octanol–water partition coefficient (Wildman–Crippen LogP) is 2.50. The highest BCUT2D eigenvalue weighted by molar-refractivity contribution is 8.14. The average molecular weight is 314 g/mol. The molecule has 0 spiro atoms. The van der Waals surface area contributed by atoms with Crippen molar-refractivity contribution < 1.29 is 0 Å². The van der Waals surface area contributed by atoms with E-state index in [1.54, 1.807) is 0 Å². The highest BCUT2D eigenvalue weighted by atomic mass is 32.2. The standard InChI is InChI=1S/C15H18N6S/c1-2-8-21(9-3-1)15-16-13(10-22-15)11-4-6-12(7-5-11)14-17-19-20-18-14/h4-7,13H,1-3,8-10H2,(H,17,18,19,20). The Labute approximate surface area is 133 Å². The zero-order chi connectivity index (χ0) is 14.8. The molecule has 4 rings (SSSR count). The number of piperidine rings is 1. The van der Waals surface area contributed by atoms with Gasteiger partial charge in [0.1, 0.15) is 0 Å². The molecule has 2 aliphatic heterocycles. The van der Waals surface area contributed by atoms with Gasteiger partial charge in [-0.2, -0.15) is 0 Å². The summed E-state index contributed by atoms with van der Waals surface area (Å²) in [5, 5.41) is 15.2. The first-order chi connectivity index (χ1) is 10.9. The lowest BCUT2D eigenvalue weighted by molar-refractivity contribution is 0.347. The SMILES string of the molecule is c1cc(C2CSC(N3CCCCC3)=N2)ccc1-c1nnn[nH]1. The number of nitrogens with one attached hydrogen (secondary N) is 1. The number of aliphatic imine (C=N–C) groups is 1. The molecule has 114 valence electrons. The largest absolute Gasteiger partial charge is 0.351 e. The number of amidine groups is 1. The van der Waals surface area contributed by atoms with Crippen LogP contribution >= 0.6 is 11.8 Å². The summed E-state index contributed by atoms with van der Waals surface area (Å²) >= 11 is 1.89. The van der Waals surface area contributed by atoms with Crippen LogP contribution in [0.1, 0.15) is 30.9 Å². The van der Waals surface area contributed by atoms with E-state index in [0.717, 1.165) is 24.4 Å². The molecule has 0 bridgehead atoms. The second kappa shape index (κ2) is 6.08. The van der Waals surface area contributed by atoms with Crippen LogP contribution in [0.25, 0.3) is 11.4 Å². The molecule has 3 heterocycles. The topological polar surface area (TPSA) is 70.1 Å². The quantitative estimate of drug-likeness (QED) is 0.922. The Morgan fingerprint density at radius 1 is 1.09 bits per heavy atom. The first-order valence-corrected chi connectivity index (χ1v) is 8.68. The minimum Gasteiger partial charge on any atom is -0.351 e. The summed E-state index contributed by atoms with van der Waals surface area (Å²) in [6, 6.07) is 8.63. The minimum absolute atomic E-state index is 0.267. The number of likely N-dealkylation sites (tertiary alicyclic amines) is 1. The molecule has 6 nitrogen and oxygen atoms in total. The minimum atomic E-state index is 0.267. The van der Waals surface area contributed by atoms with Gasteiger partial charge in [0.25, 0.3) is 0 Å². The van der Waals surface area contributed by atoms with Crippen LogP contribution in [0.3, 0.4) is 0 Å². The van der Waals surface area contributed by atoms with Crippen molar-refractivity contribution in [3.63, 3.8) is 0 Å². The van der Waals surface area contributed by atoms with Crippen LogP contribution < -0.4 is 0 Å². The molecule has 0 saturated carbocycles. The zero-order valence-corrected chi connectivity index (χ0v) is 13.1. The van der Waals surface area contributed by atoms with Gasteiger partial charge in [-0.25, -0.2) is 5.10 Å². The van der Waals surface area contributed by atoms with Crippen LogP contribution in [0, 0.1) is 0 Å². The van der Waals surface area contributed by atoms with E-state index in [-0.39, 0.29) is 6.04 Å². The molecular weight excluding hydrogens is 296 g/mol. The van der Waals surface area contributed by atoms with Gasteiger partial charge >= 0.3 is 0 Å². The van der Waals surface area contributed by atoms with Crippen LogP contribution in [0.15, 0.2) is 29.3 Å². The molecule has 1 fully saturated rings. The molecule has 1 saturated heterocycles. The van der Waals surface area contributed by atoms with Crippen LogP contribution in [-0.4, -0.2) is 49.5 Å². The van der Waals surface area contributed by atoms with Gasteiger partial charge < -0.3 is 4.90 Å². The third-order valence-electron chi connectivity index (χ3n) is 4.18. The Bertz CT molecular complexity index is 645. The monoisotopic (exact) mass is 314 g/mol. The lowest BCUT2D eigenvalue weighted by atomic mass is 10.1. The maximum Gasteiger partial charge on any atom is 0.179 e. The van der Waals surface area contributed by atoms with E-state index < -0.39 is 0 Å². The van der Waals surface area contributed by atoms with Gasteiger partial charge in [0, 0.05) is 24.4 Å². The molecule has 1 N–H and O–H groups in total. The first-order valence-electron chi connectivity index (χ1n) is 7.70. The highest BCUT2D eigenvalue weighted by Crippen LogP contribution is 2.33. The number of nitrogens with zero attached hydrogens (tertiary/aromatic N) is 5. The van der Waals surface area contributed by atoms with E-state index >= 15 is 0 Å². The number of rotatable bonds is 2. The fourth-order valence-corrected chi connectivity index (χ4v) is 4.08. The van der Waals surface area contributed by atoms with E-state index in [9.17, 15) is 0 Å². The van der Waals surface area contributed by atoms with Crippen molar-refractivity contribution in [2.75, 3.05) is 18.8 Å². The number of aromatic amines is 1. The van der Waals surface area contributed by atoms with E-state index in [2.05, 4.69) is 49.8 Å². The van der Waals surface area contributed by atoms with Crippen molar-refractivity contribution in [3.05, 3.63) is 29.8 Å². The molecule has 7 heteroatoms. The van der Waals surface area contributed by atoms with Gasteiger partial charge in [0.2, 0.25) is 0 Å². The number of H-pyrrole nitrogens is 1. The van der Waals surface area contributed by atoms with E-state index in [0.29, 0.717) is 5.82 Å². The number of hydrogen-bond acceptors (Lipinski definition) is 6. The van der Waals surface area contributed by atoms with Gasteiger partial charge in [-0.3, -0.25) is 4.99 Å². The molecular formula is C15H18N6S. The molecule has 1 aromatic carbocycles. The third-order valence-corrected chi connectivity index (χ3v) is 5.28. The first kappa shape index (κ1) is 13.8. The molecule has 1 atom stereocenters. The second-order valence-electron chi connectivity index (χ2n) is 5.66. The number of aromatic nitrogens is 4. The molecule has 1 unspecified atom stereocenters. The highest BCUT2D eigenvalue weighted by Gasteiger charge is 2.24. The van der Waals surface area contributed by atoms with Crippen molar-refractivity contribution in [2.45, 2.75) is 25.3 Å². The fourth-order valence-electron chi connectivity index (χ4n) is 2.93. The van der Waals surface area contributed by atoms with Crippen LogP contribution in [0.4, 0.5) is 0 Å². The molecule has 22 heavy (non-hydrogen) atoms. The van der Waals surface area contributed by atoms with Crippen molar-refractivity contribution in [1.29, 1.82) is 0 Å². The smallest absolute Gasteiger partial charge is 0.179 e. The molecule has 0 amide bonds. The van der Waals surface area contributed by atoms with Gasteiger partial charge in [-0.05, 0) is 35.3 Å². The Morgan fingerprint density at radius 3 is 2.64 bits per heavy atom. The second-order valence-corrected chi connectivity index (χ2v) is 6.65. The summed E-state index contributed by atoms with van der Waals surface area (Å²) in [6.07, 6.45) is 3.95. The van der Waals surface area contributed by atoms with Gasteiger partial charge in [-0.15, -0.1) is 5.10 Å². The summed E-state index contributed by atoms with van der Waals surface area (Å²) in [6.45, 7) is 2.33. The summed E-state index contributed by atoms with van der Waals surface area (Å²) < 4.78 is 0. The average Bonchev–Trinajstić information content (AvgIpc) is 3.28. The molecule has 1 aromatic heterocycles. The van der Waals surface area contributed by atoms with Crippen molar-refractivity contribution in [3.8, 4) is 11.4 Å². The van der Waals surface area contributed by atoms with Crippen LogP contribution in [0.2, 0.25) is 0 Å². The Hall–Kier alpha value is -1.89. The Kier molecular flexibility index (Phi) is 3.80. The number of thioether (sulfide) groups is 1. The maximum atomic E-state index is 4.93. The third kappa shape index (κ3) is 2.72. The normalized spacial score (nSPS) is 21.9. The van der Waals surface area contributed by atoms with Crippen molar-refractivity contribution in [2.24, 2.45) is 4.99 Å². The van der Waals surface area contributed by atoms with Gasteiger partial charge in [-0.1, -0.05) is 36.0 Å². The Balaban J connectivity index is 1.49. The predicted molar refractivity (Wildman–Crippen MR) is 87.7 cm³/mol. The maximum absolute atomic E-state index is 4.93. The summed E-state index contributed by atoms with van der Waals surface area (Å²) in [5.74, 6) is 1.74. The van der Waals surface area contributed by atoms with E-state index in [4.69, 9.17) is 4.99 Å². The van der Waals surface area contributed by atoms with Crippen LogP contribution in [0.5, 0.6) is 0 Å². The lowest BCUT2D eigenvalue weighted by Gasteiger charge is -2.27. The van der Waals surface area contributed by atoms with Crippen molar-refractivity contribution >= 4 is 16.9 Å². The molecule has 0 radical (unpaired) electrons. The fraction of sp³-hybridized carbons (Fsp3) is 0.467. The summed E-state index contributed by atoms with van der Waals surface area (Å²) in [5.41, 5.74) is 2.26. The zero-order valence-electron chi connectivity index (χ0n) is 12.3. The Morgan fingerprint density at radius 2 is 1.91 bits per heavy atom. The van der Waals surface area contributed by atoms with Gasteiger partial charge in [0.15, 0.2) is 11.0 Å².